The number of hydrogen-bond acceptors (Lipinski definition) is 3. The van der Waals surface area contributed by atoms with Crippen LogP contribution in [-0.2, 0) is 13.1 Å². The average Bonchev–Trinajstić information content (AvgIpc) is 2.50. The molecule has 0 aliphatic rings. The Bertz CT molecular complexity index is 581. The maximum absolute atomic E-state index is 9.89. The second kappa shape index (κ2) is 7.97. The summed E-state index contributed by atoms with van der Waals surface area (Å²) in [6.45, 7) is 5.77. The quantitative estimate of drug-likeness (QED) is 0.850. The van der Waals surface area contributed by atoms with Crippen LogP contribution in [-0.4, -0.2) is 42.1 Å². The first kappa shape index (κ1) is 16.5. The maximum Gasteiger partial charge on any atom is 0.118 e. The van der Waals surface area contributed by atoms with Crippen LogP contribution in [0.1, 0.15) is 16.7 Å². The van der Waals surface area contributed by atoms with E-state index in [1.807, 2.05) is 19.1 Å². The van der Waals surface area contributed by atoms with Gasteiger partial charge < -0.3 is 10.0 Å². The van der Waals surface area contributed by atoms with Crippen LogP contribution in [0.2, 0.25) is 0 Å². The molecule has 0 saturated heterocycles. The van der Waals surface area contributed by atoms with E-state index in [0.717, 1.165) is 31.7 Å². The Morgan fingerprint density at radius 3 is 2.27 bits per heavy atom. The first-order valence-electron chi connectivity index (χ1n) is 7.74. The number of phenolic OH excluding ortho intramolecular Hbond substituents is 1. The number of nitrogens with zero attached hydrogens (tertiary/aromatic N) is 2. The highest BCUT2D eigenvalue weighted by molar-refractivity contribution is 5.37. The second-order valence-electron chi connectivity index (χ2n) is 6.06. The minimum absolute atomic E-state index is 0.379. The van der Waals surface area contributed by atoms with E-state index >= 15 is 0 Å². The molecule has 1 N–H and O–H groups in total. The van der Waals surface area contributed by atoms with Gasteiger partial charge >= 0.3 is 0 Å². The van der Waals surface area contributed by atoms with Crippen molar-refractivity contribution in [3.8, 4) is 5.75 Å². The maximum atomic E-state index is 9.89. The fourth-order valence-corrected chi connectivity index (χ4v) is 2.48. The van der Waals surface area contributed by atoms with Gasteiger partial charge in [-0.25, -0.2) is 0 Å². The van der Waals surface area contributed by atoms with Crippen LogP contribution in [0.3, 0.4) is 0 Å². The molecule has 0 fully saturated rings. The van der Waals surface area contributed by atoms with Gasteiger partial charge in [0.25, 0.3) is 0 Å². The SMILES string of the molecule is Cc1c(O)cccc1CN(CCN(C)C)Cc1ccccc1. The van der Waals surface area contributed by atoms with Gasteiger partial charge in [0.1, 0.15) is 5.75 Å². The van der Waals surface area contributed by atoms with E-state index in [9.17, 15) is 5.11 Å². The molecule has 0 heterocycles. The van der Waals surface area contributed by atoms with E-state index in [1.54, 1.807) is 6.07 Å². The van der Waals surface area contributed by atoms with Crippen molar-refractivity contribution in [2.24, 2.45) is 0 Å². The van der Waals surface area contributed by atoms with Crippen molar-refractivity contribution in [1.82, 2.24) is 9.80 Å². The van der Waals surface area contributed by atoms with Crippen LogP contribution in [0.5, 0.6) is 5.75 Å². The molecule has 2 aromatic rings. The summed E-state index contributed by atoms with van der Waals surface area (Å²) < 4.78 is 0. The predicted molar refractivity (Wildman–Crippen MR) is 92.0 cm³/mol. The number of rotatable bonds is 7. The summed E-state index contributed by atoms with van der Waals surface area (Å²) in [5.41, 5.74) is 3.49. The van der Waals surface area contributed by atoms with Crippen molar-refractivity contribution in [1.29, 1.82) is 0 Å². The van der Waals surface area contributed by atoms with Crippen LogP contribution in [0, 0.1) is 6.92 Å². The number of likely N-dealkylation sites (N-methyl/N-ethyl adjacent to an activating group) is 1. The van der Waals surface area contributed by atoms with Crippen molar-refractivity contribution in [2.75, 3.05) is 27.2 Å². The molecule has 0 bridgehead atoms. The van der Waals surface area contributed by atoms with Crippen molar-refractivity contribution in [3.63, 3.8) is 0 Å². The fourth-order valence-electron chi connectivity index (χ4n) is 2.48. The smallest absolute Gasteiger partial charge is 0.118 e. The van der Waals surface area contributed by atoms with Gasteiger partial charge in [-0.2, -0.15) is 0 Å². The summed E-state index contributed by atoms with van der Waals surface area (Å²) >= 11 is 0. The highest BCUT2D eigenvalue weighted by atomic mass is 16.3. The van der Waals surface area contributed by atoms with Gasteiger partial charge in [-0.3, -0.25) is 4.90 Å². The Hall–Kier alpha value is -1.84. The zero-order chi connectivity index (χ0) is 15.9. The lowest BCUT2D eigenvalue weighted by molar-refractivity contribution is 0.225. The zero-order valence-electron chi connectivity index (χ0n) is 13.8. The third kappa shape index (κ3) is 4.86. The summed E-state index contributed by atoms with van der Waals surface area (Å²) in [4.78, 5) is 4.63. The zero-order valence-corrected chi connectivity index (χ0v) is 13.8. The van der Waals surface area contributed by atoms with Gasteiger partial charge in [0.2, 0.25) is 0 Å². The molecule has 3 nitrogen and oxygen atoms in total. The summed E-state index contributed by atoms with van der Waals surface area (Å²) in [5.74, 6) is 0.379. The van der Waals surface area contributed by atoms with Crippen LogP contribution in [0.25, 0.3) is 0 Å². The van der Waals surface area contributed by atoms with Crippen molar-refractivity contribution in [3.05, 3.63) is 65.2 Å². The molecule has 0 saturated carbocycles. The number of aromatic hydroxyl groups is 1. The van der Waals surface area contributed by atoms with E-state index in [2.05, 4.69) is 54.2 Å². The lowest BCUT2D eigenvalue weighted by Crippen LogP contribution is -2.31. The van der Waals surface area contributed by atoms with E-state index in [0.29, 0.717) is 5.75 Å². The molecule has 0 unspecified atom stereocenters. The molecule has 0 atom stereocenters. The molecule has 118 valence electrons. The Morgan fingerprint density at radius 1 is 0.864 bits per heavy atom. The molecule has 0 amide bonds. The number of phenols is 1. The Morgan fingerprint density at radius 2 is 1.59 bits per heavy atom. The van der Waals surface area contributed by atoms with Gasteiger partial charge in [-0.05, 0) is 43.8 Å². The van der Waals surface area contributed by atoms with Gasteiger partial charge in [-0.15, -0.1) is 0 Å². The molecular formula is C19H26N2O. The van der Waals surface area contributed by atoms with Crippen LogP contribution < -0.4 is 0 Å². The molecule has 2 rings (SSSR count). The highest BCUT2D eigenvalue weighted by Crippen LogP contribution is 2.21. The van der Waals surface area contributed by atoms with Gasteiger partial charge in [0, 0.05) is 26.2 Å². The minimum atomic E-state index is 0.379. The lowest BCUT2D eigenvalue weighted by Gasteiger charge is -2.25. The fraction of sp³-hybridized carbons (Fsp3) is 0.368. The normalized spacial score (nSPS) is 11.3. The van der Waals surface area contributed by atoms with Crippen molar-refractivity contribution < 1.29 is 5.11 Å². The summed E-state index contributed by atoms with van der Waals surface area (Å²) in [6, 6.07) is 16.3. The molecule has 0 spiro atoms. The lowest BCUT2D eigenvalue weighted by atomic mass is 10.1. The molecular weight excluding hydrogens is 272 g/mol. The summed E-state index contributed by atoms with van der Waals surface area (Å²) in [5, 5.41) is 9.89. The molecule has 0 aliphatic carbocycles. The van der Waals surface area contributed by atoms with E-state index < -0.39 is 0 Å². The monoisotopic (exact) mass is 298 g/mol. The van der Waals surface area contributed by atoms with E-state index in [-0.39, 0.29) is 0 Å². The highest BCUT2D eigenvalue weighted by Gasteiger charge is 2.10. The average molecular weight is 298 g/mol. The largest absolute Gasteiger partial charge is 0.508 e. The van der Waals surface area contributed by atoms with E-state index in [4.69, 9.17) is 0 Å². The topological polar surface area (TPSA) is 26.7 Å². The molecule has 0 aromatic heterocycles. The minimum Gasteiger partial charge on any atom is -0.508 e. The summed E-state index contributed by atoms with van der Waals surface area (Å²) in [6.07, 6.45) is 0. The van der Waals surface area contributed by atoms with Crippen LogP contribution in [0.4, 0.5) is 0 Å². The molecule has 22 heavy (non-hydrogen) atoms. The second-order valence-corrected chi connectivity index (χ2v) is 6.06. The standard InChI is InChI=1S/C19H26N2O/c1-16-18(10-7-11-19(16)22)15-21(13-12-20(2)3)14-17-8-5-4-6-9-17/h4-11,22H,12-15H2,1-3H3. The first-order chi connectivity index (χ1) is 10.6. The molecule has 2 aromatic carbocycles. The van der Waals surface area contributed by atoms with Crippen molar-refractivity contribution >= 4 is 0 Å². The molecule has 3 heteroatoms. The first-order valence-corrected chi connectivity index (χ1v) is 7.74. The third-order valence-electron chi connectivity index (χ3n) is 3.92. The number of hydrogen-bond donors (Lipinski definition) is 1. The Kier molecular flexibility index (Phi) is 5.99. The summed E-state index contributed by atoms with van der Waals surface area (Å²) in [7, 11) is 4.20. The van der Waals surface area contributed by atoms with Crippen LogP contribution in [0.15, 0.2) is 48.5 Å². The molecule has 0 aliphatic heterocycles. The molecule has 0 radical (unpaired) electrons. The van der Waals surface area contributed by atoms with Gasteiger partial charge in [0.15, 0.2) is 0 Å². The Labute approximate surface area is 133 Å². The predicted octanol–water partition coefficient (Wildman–Crippen LogP) is 3.26. The van der Waals surface area contributed by atoms with Gasteiger partial charge in [-0.1, -0.05) is 42.5 Å². The van der Waals surface area contributed by atoms with Crippen molar-refractivity contribution in [2.45, 2.75) is 20.0 Å². The van der Waals surface area contributed by atoms with Crippen LogP contribution >= 0.6 is 0 Å². The van der Waals surface area contributed by atoms with Gasteiger partial charge in [0.05, 0.1) is 0 Å². The Balaban J connectivity index is 2.11. The third-order valence-corrected chi connectivity index (χ3v) is 3.92. The van der Waals surface area contributed by atoms with E-state index in [1.165, 1.54) is 11.1 Å². The number of benzene rings is 2.